The number of phenols is 1. The van der Waals surface area contributed by atoms with Crippen LogP contribution in [0.2, 0.25) is 0 Å². The van der Waals surface area contributed by atoms with E-state index in [2.05, 4.69) is 4.74 Å². The van der Waals surface area contributed by atoms with Crippen molar-refractivity contribution in [1.29, 1.82) is 0 Å². The molecule has 1 aromatic rings. The number of carbonyl (C=O) groups excluding carboxylic acids is 2. The minimum absolute atomic E-state index is 0.0104. The van der Waals surface area contributed by atoms with E-state index in [4.69, 9.17) is 0 Å². The predicted octanol–water partition coefficient (Wildman–Crippen LogP) is -0.141. The molecule has 0 aromatic heterocycles. The fourth-order valence-corrected chi connectivity index (χ4v) is 1.86. The van der Waals surface area contributed by atoms with Gasteiger partial charge in [-0.1, -0.05) is 12.1 Å². The zero-order valence-corrected chi connectivity index (χ0v) is 7.43. The van der Waals surface area contributed by atoms with Gasteiger partial charge in [-0.2, -0.15) is 0 Å². The van der Waals surface area contributed by atoms with Crippen LogP contribution in [0.5, 0.6) is 5.75 Å². The zero-order chi connectivity index (χ0) is 10.8. The molecule has 0 bridgehead atoms. The number of hydrogen-bond donors (Lipinski definition) is 2. The normalized spacial score (nSPS) is 32.2. The Balaban J connectivity index is 2.30. The van der Waals surface area contributed by atoms with E-state index in [1.165, 1.54) is 18.2 Å². The summed E-state index contributed by atoms with van der Waals surface area (Å²) in [5, 5.41) is 19.0. The highest BCUT2D eigenvalue weighted by atomic mass is 16.7. The quantitative estimate of drug-likeness (QED) is 0.577. The van der Waals surface area contributed by atoms with E-state index in [0.29, 0.717) is 0 Å². The summed E-state index contributed by atoms with van der Waals surface area (Å²) >= 11 is 0. The predicted molar refractivity (Wildman–Crippen MR) is 46.6 cm³/mol. The van der Waals surface area contributed by atoms with E-state index in [1.54, 1.807) is 0 Å². The van der Waals surface area contributed by atoms with Gasteiger partial charge in [-0.05, 0) is 6.07 Å². The van der Waals surface area contributed by atoms with Gasteiger partial charge in [0.2, 0.25) is 11.6 Å². The highest BCUT2D eigenvalue weighted by Crippen LogP contribution is 2.45. The smallest absolute Gasteiger partial charge is 0.267 e. The van der Waals surface area contributed by atoms with E-state index < -0.39 is 23.5 Å². The molecule has 1 heterocycles. The lowest BCUT2D eigenvalue weighted by molar-refractivity contribution is 0.0297. The van der Waals surface area contributed by atoms with Crippen LogP contribution in [0.4, 0.5) is 0 Å². The zero-order valence-electron chi connectivity index (χ0n) is 7.43. The number of aromatic hydroxyl groups is 1. The first-order valence-corrected chi connectivity index (χ1v) is 4.37. The van der Waals surface area contributed by atoms with Gasteiger partial charge in [-0.3, -0.25) is 9.59 Å². The number of phenolic OH excluding ortho intramolecular Hbond substituents is 1. The van der Waals surface area contributed by atoms with Gasteiger partial charge in [0, 0.05) is 5.56 Å². The monoisotopic (exact) mass is 206 g/mol. The van der Waals surface area contributed by atoms with Gasteiger partial charge in [-0.25, -0.2) is 0 Å². The first kappa shape index (κ1) is 8.58. The molecule has 5 heteroatoms. The number of fused-ring (bicyclic) bond motifs is 2. The molecule has 1 saturated heterocycles. The highest BCUT2D eigenvalue weighted by molar-refractivity contribution is 6.23. The minimum atomic E-state index is -1.99. The van der Waals surface area contributed by atoms with Crippen LogP contribution in [-0.2, 0) is 4.74 Å². The van der Waals surface area contributed by atoms with Gasteiger partial charge in [0.05, 0.1) is 5.56 Å². The van der Waals surface area contributed by atoms with Crippen LogP contribution >= 0.6 is 0 Å². The molecule has 0 radical (unpaired) electrons. The Labute approximate surface area is 83.9 Å². The first-order valence-electron chi connectivity index (χ1n) is 4.37. The van der Waals surface area contributed by atoms with Crippen molar-refractivity contribution in [2.45, 2.75) is 11.9 Å². The van der Waals surface area contributed by atoms with E-state index in [-0.39, 0.29) is 16.9 Å². The van der Waals surface area contributed by atoms with Gasteiger partial charge in [0.25, 0.3) is 5.79 Å². The number of epoxide rings is 1. The summed E-state index contributed by atoms with van der Waals surface area (Å²) in [7, 11) is 0. The van der Waals surface area contributed by atoms with Gasteiger partial charge in [0.15, 0.2) is 6.10 Å². The maximum absolute atomic E-state index is 11.6. The van der Waals surface area contributed by atoms with Crippen LogP contribution in [0.1, 0.15) is 20.7 Å². The second-order valence-corrected chi connectivity index (χ2v) is 3.59. The number of benzene rings is 1. The third-order valence-corrected chi connectivity index (χ3v) is 2.69. The molecule has 5 nitrogen and oxygen atoms in total. The molecule has 1 aliphatic carbocycles. The summed E-state index contributed by atoms with van der Waals surface area (Å²) in [6, 6.07) is 4.13. The van der Waals surface area contributed by atoms with E-state index in [0.717, 1.165) is 0 Å². The van der Waals surface area contributed by atoms with E-state index in [9.17, 15) is 19.8 Å². The number of hydrogen-bond acceptors (Lipinski definition) is 5. The number of ether oxygens (including phenoxy) is 1. The summed E-state index contributed by atoms with van der Waals surface area (Å²) in [6.45, 7) is 0. The van der Waals surface area contributed by atoms with E-state index in [1.807, 2.05) is 0 Å². The van der Waals surface area contributed by atoms with Crippen molar-refractivity contribution in [3.63, 3.8) is 0 Å². The van der Waals surface area contributed by atoms with Gasteiger partial charge >= 0.3 is 0 Å². The second-order valence-electron chi connectivity index (χ2n) is 3.59. The Morgan fingerprint density at radius 1 is 1.33 bits per heavy atom. The molecular weight excluding hydrogens is 200 g/mol. The SMILES string of the molecule is O=C1c2c(O)cccc2C(=O)C2(O)OC12. The molecule has 2 atom stereocenters. The van der Waals surface area contributed by atoms with Crippen molar-refractivity contribution < 1.29 is 24.5 Å². The van der Waals surface area contributed by atoms with Crippen molar-refractivity contribution in [2.24, 2.45) is 0 Å². The molecule has 2 unspecified atom stereocenters. The molecular formula is C10H6O5. The fraction of sp³-hybridized carbons (Fsp3) is 0.200. The minimum Gasteiger partial charge on any atom is -0.507 e. The Bertz CT molecular complexity index is 507. The maximum Gasteiger partial charge on any atom is 0.267 e. The number of Topliss-reactive ketones (excluding diaryl/α,β-unsaturated/α-hetero) is 2. The molecule has 15 heavy (non-hydrogen) atoms. The van der Waals surface area contributed by atoms with Crippen molar-refractivity contribution >= 4 is 11.6 Å². The second kappa shape index (κ2) is 2.26. The summed E-state index contributed by atoms with van der Waals surface area (Å²) in [5.41, 5.74) is -0.0501. The molecule has 3 rings (SSSR count). The Morgan fingerprint density at radius 2 is 2.07 bits per heavy atom. The standard InChI is InChI=1S/C10H6O5/c11-5-3-1-2-4-6(5)7(12)9-10(14,15-9)8(4)13/h1-3,9,11,14H. The maximum atomic E-state index is 11.6. The van der Waals surface area contributed by atoms with Crippen LogP contribution in [-0.4, -0.2) is 33.7 Å². The van der Waals surface area contributed by atoms with Crippen molar-refractivity contribution in [1.82, 2.24) is 0 Å². The van der Waals surface area contributed by atoms with Crippen molar-refractivity contribution in [3.05, 3.63) is 29.3 Å². The summed E-state index contributed by atoms with van der Waals surface area (Å²) in [6.07, 6.45) is -1.15. The van der Waals surface area contributed by atoms with E-state index >= 15 is 0 Å². The summed E-state index contributed by atoms with van der Waals surface area (Å²) < 4.78 is 4.67. The number of ketones is 2. The van der Waals surface area contributed by atoms with Gasteiger partial charge in [-0.15, -0.1) is 0 Å². The number of rotatable bonds is 0. The van der Waals surface area contributed by atoms with Crippen LogP contribution in [0.25, 0.3) is 0 Å². The van der Waals surface area contributed by atoms with Crippen LogP contribution < -0.4 is 0 Å². The van der Waals surface area contributed by atoms with Crippen molar-refractivity contribution in [2.75, 3.05) is 0 Å². The topological polar surface area (TPSA) is 87.1 Å². The highest BCUT2D eigenvalue weighted by Gasteiger charge is 2.69. The Hall–Kier alpha value is -1.72. The number of aliphatic hydroxyl groups is 1. The first-order chi connectivity index (χ1) is 7.05. The largest absolute Gasteiger partial charge is 0.507 e. The van der Waals surface area contributed by atoms with Crippen LogP contribution in [0.3, 0.4) is 0 Å². The molecule has 0 saturated carbocycles. The Morgan fingerprint density at radius 3 is 2.80 bits per heavy atom. The molecule has 1 aliphatic heterocycles. The van der Waals surface area contributed by atoms with Crippen molar-refractivity contribution in [3.8, 4) is 5.75 Å². The van der Waals surface area contributed by atoms with Crippen LogP contribution in [0.15, 0.2) is 18.2 Å². The van der Waals surface area contributed by atoms with Gasteiger partial charge < -0.3 is 14.9 Å². The molecule has 1 fully saturated rings. The lowest BCUT2D eigenvalue weighted by Gasteiger charge is -2.14. The average Bonchev–Trinajstić information content (AvgIpc) is 2.89. The third-order valence-electron chi connectivity index (χ3n) is 2.69. The summed E-state index contributed by atoms with van der Waals surface area (Å²) in [4.78, 5) is 23.3. The fourth-order valence-electron chi connectivity index (χ4n) is 1.86. The lowest BCUT2D eigenvalue weighted by atomic mass is 9.87. The molecule has 0 amide bonds. The molecule has 2 aliphatic rings. The lowest BCUT2D eigenvalue weighted by Crippen LogP contribution is -2.36. The summed E-state index contributed by atoms with van der Waals surface area (Å²) in [5.74, 6) is -3.47. The van der Waals surface area contributed by atoms with Gasteiger partial charge in [0.1, 0.15) is 5.75 Å². The average molecular weight is 206 g/mol. The van der Waals surface area contributed by atoms with Crippen LogP contribution in [0, 0.1) is 0 Å². The molecule has 76 valence electrons. The molecule has 2 N–H and O–H groups in total. The number of carbonyl (C=O) groups is 2. The Kier molecular flexibility index (Phi) is 1.29. The third kappa shape index (κ3) is 0.841. The molecule has 0 spiro atoms. The molecule has 1 aromatic carbocycles.